The van der Waals surface area contributed by atoms with Gasteiger partial charge in [0, 0.05) is 13.1 Å². The van der Waals surface area contributed by atoms with E-state index >= 15 is 0 Å². The number of benzene rings is 2. The molecule has 2 fully saturated rings. The maximum Gasteiger partial charge on any atom is 0.163 e. The molecule has 0 amide bonds. The predicted octanol–water partition coefficient (Wildman–Crippen LogP) is 4.09. The fourth-order valence-corrected chi connectivity index (χ4v) is 3.63. The summed E-state index contributed by atoms with van der Waals surface area (Å²) in [5, 5.41) is 2.04. The van der Waals surface area contributed by atoms with Crippen LogP contribution in [-0.2, 0) is 20.9 Å². The predicted molar refractivity (Wildman–Crippen MR) is 95.6 cm³/mol. The summed E-state index contributed by atoms with van der Waals surface area (Å²) in [6.45, 7) is 6.10. The molecule has 1 spiro atoms. The highest BCUT2D eigenvalue weighted by Crippen LogP contribution is 2.46. The molecule has 0 unspecified atom stereocenters. The second-order valence-electron chi connectivity index (χ2n) is 7.35. The van der Waals surface area contributed by atoms with Gasteiger partial charge in [0.05, 0.1) is 6.61 Å². The van der Waals surface area contributed by atoms with Gasteiger partial charge in [-0.3, -0.25) is 4.84 Å². The molecule has 2 aliphatic rings. The maximum atomic E-state index is 6.44. The van der Waals surface area contributed by atoms with E-state index in [1.165, 1.54) is 5.56 Å². The molecule has 2 aromatic carbocycles. The number of hydrogen-bond acceptors (Lipinski definition) is 4. The molecule has 4 nitrogen and oxygen atoms in total. The van der Waals surface area contributed by atoms with Crippen LogP contribution in [0.1, 0.15) is 37.5 Å². The molecule has 0 N–H and O–H groups in total. The van der Waals surface area contributed by atoms with E-state index in [0.717, 1.165) is 25.1 Å². The van der Waals surface area contributed by atoms with Crippen LogP contribution in [0.25, 0.3) is 0 Å². The maximum absolute atomic E-state index is 6.44. The molecule has 132 valence electrons. The second kappa shape index (κ2) is 6.54. The first-order chi connectivity index (χ1) is 12.1. The summed E-state index contributed by atoms with van der Waals surface area (Å²) in [6.07, 6.45) is 0.744. The van der Waals surface area contributed by atoms with Crippen LogP contribution in [0.4, 0.5) is 0 Å². The van der Waals surface area contributed by atoms with Crippen molar-refractivity contribution in [2.45, 2.75) is 44.3 Å². The third-order valence-corrected chi connectivity index (χ3v) is 4.94. The number of nitrogens with zero attached hydrogens (tertiary/aromatic N) is 1. The summed E-state index contributed by atoms with van der Waals surface area (Å²) in [4.78, 5) is 6.44. The largest absolute Gasteiger partial charge is 0.347 e. The zero-order valence-electron chi connectivity index (χ0n) is 14.9. The summed E-state index contributed by atoms with van der Waals surface area (Å²) >= 11 is 0. The van der Waals surface area contributed by atoms with Gasteiger partial charge >= 0.3 is 0 Å². The van der Waals surface area contributed by atoms with Gasteiger partial charge in [-0.15, -0.1) is 0 Å². The molecule has 2 aromatic rings. The molecule has 2 aliphatic heterocycles. The Morgan fingerprint density at radius 1 is 1.00 bits per heavy atom. The van der Waals surface area contributed by atoms with Gasteiger partial charge in [-0.05, 0) is 31.4 Å². The minimum Gasteiger partial charge on any atom is -0.347 e. The Hall–Kier alpha value is -1.72. The van der Waals surface area contributed by atoms with Crippen LogP contribution in [0.15, 0.2) is 60.7 Å². The Kier molecular flexibility index (Phi) is 4.38. The fourth-order valence-electron chi connectivity index (χ4n) is 3.63. The number of ether oxygens (including phenoxy) is 2. The van der Waals surface area contributed by atoms with Crippen LogP contribution in [-0.4, -0.2) is 29.6 Å². The molecule has 0 saturated carbocycles. The van der Waals surface area contributed by atoms with Gasteiger partial charge in [0.2, 0.25) is 0 Å². The highest BCUT2D eigenvalue weighted by molar-refractivity contribution is 5.22. The summed E-state index contributed by atoms with van der Waals surface area (Å²) in [7, 11) is 0. The first-order valence-electron chi connectivity index (χ1n) is 8.91. The number of hydrogen-bond donors (Lipinski definition) is 0. The van der Waals surface area contributed by atoms with Crippen molar-refractivity contribution >= 4 is 0 Å². The first-order valence-corrected chi connectivity index (χ1v) is 8.91. The normalized spacial score (nSPS) is 29.1. The Morgan fingerprint density at radius 2 is 1.68 bits per heavy atom. The van der Waals surface area contributed by atoms with E-state index in [-0.39, 0.29) is 6.10 Å². The first kappa shape index (κ1) is 16.7. The lowest BCUT2D eigenvalue weighted by Crippen LogP contribution is -2.53. The monoisotopic (exact) mass is 339 g/mol. The zero-order valence-corrected chi connectivity index (χ0v) is 14.9. The minimum atomic E-state index is -0.609. The van der Waals surface area contributed by atoms with Gasteiger partial charge in [0.25, 0.3) is 0 Å². The van der Waals surface area contributed by atoms with Gasteiger partial charge in [-0.1, -0.05) is 60.7 Å². The lowest BCUT2D eigenvalue weighted by Gasteiger charge is -2.46. The molecular formula is C21H25NO3. The molecule has 0 aromatic heterocycles. The standard InChI is InChI=1S/C21H25NO3/c1-20(2)23-16-21(19(24-20)18-11-7-4-8-12-18)13-14-22(25-21)15-17-9-5-3-6-10-17/h3-12,19H,13-16H2,1-2H3/t19-,21-/m1/s1. The smallest absolute Gasteiger partial charge is 0.163 e. The van der Waals surface area contributed by atoms with Crippen molar-refractivity contribution in [1.29, 1.82) is 0 Å². The van der Waals surface area contributed by atoms with Crippen LogP contribution in [0.5, 0.6) is 0 Å². The van der Waals surface area contributed by atoms with Gasteiger partial charge in [-0.2, -0.15) is 5.06 Å². The van der Waals surface area contributed by atoms with Crippen molar-refractivity contribution in [2.24, 2.45) is 0 Å². The average Bonchev–Trinajstić information content (AvgIpc) is 3.03. The van der Waals surface area contributed by atoms with Crippen LogP contribution in [0.3, 0.4) is 0 Å². The molecule has 4 heteroatoms. The molecule has 0 bridgehead atoms. The fraction of sp³-hybridized carbons (Fsp3) is 0.429. The minimum absolute atomic E-state index is 0.141. The lowest BCUT2D eigenvalue weighted by molar-refractivity contribution is -0.365. The summed E-state index contributed by atoms with van der Waals surface area (Å²) in [5.74, 6) is -0.609. The van der Waals surface area contributed by atoms with Gasteiger partial charge < -0.3 is 9.47 Å². The summed E-state index contributed by atoms with van der Waals surface area (Å²) in [5.41, 5.74) is 1.92. The highest BCUT2D eigenvalue weighted by atomic mass is 16.8. The molecule has 4 rings (SSSR count). The van der Waals surface area contributed by atoms with Crippen molar-refractivity contribution < 1.29 is 14.3 Å². The molecule has 25 heavy (non-hydrogen) atoms. The quantitative estimate of drug-likeness (QED) is 0.843. The second-order valence-corrected chi connectivity index (χ2v) is 7.35. The number of rotatable bonds is 3. The Bertz CT molecular complexity index is 704. The van der Waals surface area contributed by atoms with Crippen molar-refractivity contribution in [3.63, 3.8) is 0 Å². The van der Waals surface area contributed by atoms with E-state index in [2.05, 4.69) is 36.4 Å². The zero-order chi connectivity index (χ0) is 17.3. The van der Waals surface area contributed by atoms with Crippen LogP contribution in [0.2, 0.25) is 0 Å². The topological polar surface area (TPSA) is 30.9 Å². The molecule has 0 radical (unpaired) electrons. The molecule has 2 saturated heterocycles. The van der Waals surface area contributed by atoms with Gasteiger partial charge in [0.15, 0.2) is 5.79 Å². The van der Waals surface area contributed by atoms with E-state index in [1.807, 2.05) is 43.2 Å². The highest BCUT2D eigenvalue weighted by Gasteiger charge is 2.53. The van der Waals surface area contributed by atoms with E-state index in [0.29, 0.717) is 6.61 Å². The third kappa shape index (κ3) is 3.48. The Balaban J connectivity index is 1.56. The summed E-state index contributed by atoms with van der Waals surface area (Å²) < 4.78 is 12.3. The van der Waals surface area contributed by atoms with Crippen molar-refractivity contribution in [3.05, 3.63) is 71.8 Å². The van der Waals surface area contributed by atoms with Crippen molar-refractivity contribution in [2.75, 3.05) is 13.2 Å². The Labute approximate surface area is 149 Å². The third-order valence-electron chi connectivity index (χ3n) is 4.94. The lowest BCUT2D eigenvalue weighted by atomic mass is 9.87. The van der Waals surface area contributed by atoms with Gasteiger partial charge in [0.1, 0.15) is 11.7 Å². The van der Waals surface area contributed by atoms with Crippen molar-refractivity contribution in [1.82, 2.24) is 5.06 Å². The Morgan fingerprint density at radius 3 is 2.40 bits per heavy atom. The molecular weight excluding hydrogens is 314 g/mol. The molecule has 0 aliphatic carbocycles. The summed E-state index contributed by atoms with van der Waals surface area (Å²) in [6, 6.07) is 20.7. The van der Waals surface area contributed by atoms with Crippen molar-refractivity contribution in [3.8, 4) is 0 Å². The van der Waals surface area contributed by atoms with Crippen LogP contribution >= 0.6 is 0 Å². The molecule has 2 heterocycles. The molecule has 2 atom stereocenters. The van der Waals surface area contributed by atoms with Crippen LogP contribution < -0.4 is 0 Å². The average molecular weight is 339 g/mol. The van der Waals surface area contributed by atoms with E-state index in [4.69, 9.17) is 14.3 Å². The van der Waals surface area contributed by atoms with Crippen LogP contribution in [0, 0.1) is 0 Å². The van der Waals surface area contributed by atoms with E-state index in [9.17, 15) is 0 Å². The number of hydroxylamine groups is 2. The van der Waals surface area contributed by atoms with Gasteiger partial charge in [-0.25, -0.2) is 0 Å². The SMILES string of the molecule is CC1(C)OC[C@]2(CCN(Cc3ccccc3)O2)[C@@H](c2ccccc2)O1. The van der Waals surface area contributed by atoms with E-state index < -0.39 is 11.4 Å². The van der Waals surface area contributed by atoms with E-state index in [1.54, 1.807) is 0 Å².